The fraction of sp³-hybridized carbons (Fsp3) is 0.300. The van der Waals surface area contributed by atoms with Gasteiger partial charge in [-0.25, -0.2) is 0 Å². The molecule has 1 aromatic carbocycles. The van der Waals surface area contributed by atoms with Gasteiger partial charge in [-0.15, -0.1) is 0 Å². The molecule has 3 rings (SSSR count). The minimum absolute atomic E-state index is 0.0199. The van der Waals surface area contributed by atoms with Crippen LogP contribution in [0.15, 0.2) is 60.9 Å². The van der Waals surface area contributed by atoms with Crippen LogP contribution in [0.2, 0.25) is 0 Å². The Kier molecular flexibility index (Phi) is 5.61. The zero-order valence-corrected chi connectivity index (χ0v) is 13.8. The van der Waals surface area contributed by atoms with Gasteiger partial charge in [0, 0.05) is 31.9 Å². The number of pyridine rings is 1. The highest BCUT2D eigenvalue weighted by Gasteiger charge is 2.19. The third-order valence-corrected chi connectivity index (χ3v) is 4.42. The second-order valence-electron chi connectivity index (χ2n) is 6.13. The lowest BCUT2D eigenvalue weighted by Crippen LogP contribution is -2.38. The van der Waals surface area contributed by atoms with Crippen LogP contribution in [0.5, 0.6) is 0 Å². The fourth-order valence-corrected chi connectivity index (χ4v) is 2.98. The highest BCUT2D eigenvalue weighted by molar-refractivity contribution is 5.91. The molecule has 24 heavy (non-hydrogen) atoms. The zero-order valence-electron chi connectivity index (χ0n) is 13.8. The number of hydrogen-bond acceptors (Lipinski definition) is 3. The van der Waals surface area contributed by atoms with Gasteiger partial charge in [0.15, 0.2) is 0 Å². The molecule has 1 amide bonds. The van der Waals surface area contributed by atoms with E-state index in [9.17, 15) is 4.79 Å². The smallest absolute Gasteiger partial charge is 0.244 e. The summed E-state index contributed by atoms with van der Waals surface area (Å²) in [5, 5.41) is 3.02. The summed E-state index contributed by atoms with van der Waals surface area (Å²) in [6.07, 6.45) is 9.36. The largest absolute Gasteiger partial charge is 0.370 e. The molecule has 0 radical (unpaired) electrons. The lowest BCUT2D eigenvalue weighted by Gasteiger charge is -2.33. The summed E-state index contributed by atoms with van der Waals surface area (Å²) in [5.74, 6) is 0.528. The van der Waals surface area contributed by atoms with Crippen LogP contribution in [-0.4, -0.2) is 30.5 Å². The maximum absolute atomic E-state index is 11.9. The first-order valence-electron chi connectivity index (χ1n) is 8.47. The monoisotopic (exact) mass is 321 g/mol. The summed E-state index contributed by atoms with van der Waals surface area (Å²) in [5.41, 5.74) is 2.23. The number of carbonyl (C=O) groups excluding carboxylic acids is 1. The molecule has 0 unspecified atom stereocenters. The van der Waals surface area contributed by atoms with Crippen LogP contribution >= 0.6 is 0 Å². The van der Waals surface area contributed by atoms with E-state index in [2.05, 4.69) is 21.3 Å². The third-order valence-electron chi connectivity index (χ3n) is 4.42. The van der Waals surface area contributed by atoms with Crippen molar-refractivity contribution in [3.05, 3.63) is 66.5 Å². The Balaban J connectivity index is 1.40. The van der Waals surface area contributed by atoms with E-state index < -0.39 is 0 Å². The van der Waals surface area contributed by atoms with Crippen LogP contribution in [0.4, 0.5) is 5.69 Å². The zero-order chi connectivity index (χ0) is 16.6. The summed E-state index contributed by atoms with van der Waals surface area (Å²) in [7, 11) is 0. The molecule has 1 aliphatic heterocycles. The number of nitrogens with one attached hydrogen (secondary N) is 1. The van der Waals surface area contributed by atoms with Crippen molar-refractivity contribution >= 4 is 17.7 Å². The Labute approximate surface area is 143 Å². The van der Waals surface area contributed by atoms with Crippen LogP contribution < -0.4 is 10.2 Å². The molecule has 124 valence electrons. The molecule has 0 spiro atoms. The molecule has 1 aliphatic rings. The minimum atomic E-state index is -0.0199. The van der Waals surface area contributed by atoms with Crippen LogP contribution in [-0.2, 0) is 4.79 Å². The Bertz CT molecular complexity index is 662. The van der Waals surface area contributed by atoms with Crippen molar-refractivity contribution in [1.29, 1.82) is 0 Å². The van der Waals surface area contributed by atoms with Gasteiger partial charge in [-0.3, -0.25) is 9.78 Å². The Morgan fingerprint density at radius 1 is 1.17 bits per heavy atom. The van der Waals surface area contributed by atoms with Gasteiger partial charge in [0.25, 0.3) is 0 Å². The van der Waals surface area contributed by atoms with Crippen molar-refractivity contribution in [2.45, 2.75) is 12.8 Å². The standard InChI is InChI=1S/C20H23N3O/c24-20(9-8-17-5-2-1-3-6-17)22-15-18-10-13-23(14-11-18)19-7-4-12-21-16-19/h1-9,12,16,18H,10-11,13-15H2,(H,22,24)/b9-8+. The van der Waals surface area contributed by atoms with Gasteiger partial charge in [-0.05, 0) is 42.5 Å². The van der Waals surface area contributed by atoms with Crippen molar-refractivity contribution in [3.8, 4) is 0 Å². The number of carbonyl (C=O) groups is 1. The van der Waals surface area contributed by atoms with Gasteiger partial charge >= 0.3 is 0 Å². The highest BCUT2D eigenvalue weighted by Crippen LogP contribution is 2.21. The van der Waals surface area contributed by atoms with Crippen LogP contribution in [0, 0.1) is 5.92 Å². The Morgan fingerprint density at radius 2 is 1.96 bits per heavy atom. The van der Waals surface area contributed by atoms with Gasteiger partial charge in [0.05, 0.1) is 11.9 Å². The van der Waals surface area contributed by atoms with Crippen molar-refractivity contribution in [3.63, 3.8) is 0 Å². The number of piperidine rings is 1. The summed E-state index contributed by atoms with van der Waals surface area (Å²) >= 11 is 0. The number of aromatic nitrogens is 1. The van der Waals surface area contributed by atoms with E-state index in [0.29, 0.717) is 5.92 Å². The Hall–Kier alpha value is -2.62. The van der Waals surface area contributed by atoms with Gasteiger partial charge in [-0.2, -0.15) is 0 Å². The van der Waals surface area contributed by atoms with Crippen molar-refractivity contribution < 1.29 is 4.79 Å². The van der Waals surface area contributed by atoms with Gasteiger partial charge < -0.3 is 10.2 Å². The predicted molar refractivity (Wildman–Crippen MR) is 97.7 cm³/mol. The molecular formula is C20H23N3O. The van der Waals surface area contributed by atoms with E-state index in [0.717, 1.165) is 38.0 Å². The van der Waals surface area contributed by atoms with E-state index in [1.54, 1.807) is 12.3 Å². The maximum atomic E-state index is 11.9. The first-order valence-corrected chi connectivity index (χ1v) is 8.47. The first kappa shape index (κ1) is 16.2. The third kappa shape index (κ3) is 4.69. The number of anilines is 1. The average Bonchev–Trinajstić information content (AvgIpc) is 2.67. The number of amides is 1. The fourth-order valence-electron chi connectivity index (χ4n) is 2.98. The summed E-state index contributed by atoms with van der Waals surface area (Å²) in [6.45, 7) is 2.79. The number of hydrogen-bond donors (Lipinski definition) is 1. The molecule has 1 saturated heterocycles. The van der Waals surface area contributed by atoms with Crippen molar-refractivity contribution in [2.24, 2.45) is 5.92 Å². The summed E-state index contributed by atoms with van der Waals surface area (Å²) < 4.78 is 0. The van der Waals surface area contributed by atoms with Gasteiger partial charge in [-0.1, -0.05) is 30.3 Å². The minimum Gasteiger partial charge on any atom is -0.370 e. The maximum Gasteiger partial charge on any atom is 0.244 e. The number of benzene rings is 1. The van der Waals surface area contributed by atoms with Crippen LogP contribution in [0.25, 0.3) is 6.08 Å². The van der Waals surface area contributed by atoms with E-state index in [1.807, 2.05) is 48.7 Å². The molecule has 4 heteroatoms. The topological polar surface area (TPSA) is 45.2 Å². The van der Waals surface area contributed by atoms with E-state index in [-0.39, 0.29) is 5.91 Å². The molecule has 1 N–H and O–H groups in total. The molecule has 0 saturated carbocycles. The van der Waals surface area contributed by atoms with Crippen LogP contribution in [0.1, 0.15) is 18.4 Å². The SMILES string of the molecule is O=C(/C=C/c1ccccc1)NCC1CCN(c2cccnc2)CC1. The van der Waals surface area contributed by atoms with E-state index in [1.165, 1.54) is 5.69 Å². The number of rotatable bonds is 5. The summed E-state index contributed by atoms with van der Waals surface area (Å²) in [4.78, 5) is 18.5. The summed E-state index contributed by atoms with van der Waals surface area (Å²) in [6, 6.07) is 13.9. The molecule has 0 aliphatic carbocycles. The number of nitrogens with zero attached hydrogens (tertiary/aromatic N) is 2. The molecule has 1 aromatic heterocycles. The lowest BCUT2D eigenvalue weighted by molar-refractivity contribution is -0.116. The predicted octanol–water partition coefficient (Wildman–Crippen LogP) is 3.13. The highest BCUT2D eigenvalue weighted by atomic mass is 16.1. The quantitative estimate of drug-likeness (QED) is 0.861. The van der Waals surface area contributed by atoms with Crippen LogP contribution in [0.3, 0.4) is 0 Å². The van der Waals surface area contributed by atoms with Crippen molar-refractivity contribution in [1.82, 2.24) is 10.3 Å². The van der Waals surface area contributed by atoms with Crippen molar-refractivity contribution in [2.75, 3.05) is 24.5 Å². The molecule has 0 bridgehead atoms. The molecule has 1 fully saturated rings. The van der Waals surface area contributed by atoms with Gasteiger partial charge in [0.2, 0.25) is 5.91 Å². The molecule has 0 atom stereocenters. The molecule has 4 nitrogen and oxygen atoms in total. The molecular weight excluding hydrogens is 298 g/mol. The second kappa shape index (κ2) is 8.29. The lowest BCUT2D eigenvalue weighted by atomic mass is 9.96. The molecule has 2 aromatic rings. The Morgan fingerprint density at radius 3 is 2.67 bits per heavy atom. The first-order chi connectivity index (χ1) is 11.8. The van der Waals surface area contributed by atoms with E-state index in [4.69, 9.17) is 0 Å². The molecule has 2 heterocycles. The van der Waals surface area contributed by atoms with E-state index >= 15 is 0 Å². The second-order valence-corrected chi connectivity index (χ2v) is 6.13. The normalized spacial score (nSPS) is 15.6. The van der Waals surface area contributed by atoms with Gasteiger partial charge in [0.1, 0.15) is 0 Å². The average molecular weight is 321 g/mol.